The van der Waals surface area contributed by atoms with Gasteiger partial charge in [-0.05, 0) is 30.7 Å². The molecule has 2 atom stereocenters. The third-order valence-electron chi connectivity index (χ3n) is 3.41. The Labute approximate surface area is 108 Å². The first kappa shape index (κ1) is 14.0. The van der Waals surface area contributed by atoms with Gasteiger partial charge in [-0.1, -0.05) is 30.3 Å². The summed E-state index contributed by atoms with van der Waals surface area (Å²) in [7, 11) is 1.40. The molecule has 17 heavy (non-hydrogen) atoms. The average Bonchev–Trinajstić information content (AvgIpc) is 2.73. The molecule has 1 fully saturated rings. The summed E-state index contributed by atoms with van der Waals surface area (Å²) in [5.74, 6) is 0.0937. The van der Waals surface area contributed by atoms with Crippen LogP contribution in [0.5, 0.6) is 0 Å². The van der Waals surface area contributed by atoms with Crippen LogP contribution in [0.2, 0.25) is 0 Å². The van der Waals surface area contributed by atoms with Crippen molar-refractivity contribution >= 4 is 18.4 Å². The first-order chi connectivity index (χ1) is 7.65. The quantitative estimate of drug-likeness (QED) is 0.825. The van der Waals surface area contributed by atoms with Crippen molar-refractivity contribution in [2.45, 2.75) is 30.7 Å². The molecule has 0 spiro atoms. The number of hydrogen-bond donors (Lipinski definition) is 1. The van der Waals surface area contributed by atoms with E-state index in [4.69, 9.17) is 10.5 Å². The molecule has 2 rings (SSSR count). The van der Waals surface area contributed by atoms with E-state index in [0.29, 0.717) is 18.8 Å². The maximum absolute atomic E-state index is 11.6. The van der Waals surface area contributed by atoms with E-state index in [1.807, 2.05) is 18.2 Å². The highest BCUT2D eigenvalue weighted by atomic mass is 35.5. The topological polar surface area (TPSA) is 52.3 Å². The van der Waals surface area contributed by atoms with Gasteiger partial charge in [-0.25, -0.2) is 0 Å². The smallest absolute Gasteiger partial charge is 0.325 e. The molecule has 0 radical (unpaired) electrons. The minimum Gasteiger partial charge on any atom is -0.468 e. The fourth-order valence-electron chi connectivity index (χ4n) is 2.47. The zero-order chi connectivity index (χ0) is 11.6. The van der Waals surface area contributed by atoms with Crippen molar-refractivity contribution in [1.82, 2.24) is 0 Å². The number of nitrogens with two attached hydrogens (primary N) is 1. The highest BCUT2D eigenvalue weighted by Crippen LogP contribution is 2.39. The molecule has 1 aromatic carbocycles. The summed E-state index contributed by atoms with van der Waals surface area (Å²) in [5.41, 5.74) is 6.55. The predicted molar refractivity (Wildman–Crippen MR) is 69.2 cm³/mol. The molecule has 2 N–H and O–H groups in total. The van der Waals surface area contributed by atoms with Gasteiger partial charge >= 0.3 is 5.97 Å². The van der Waals surface area contributed by atoms with E-state index >= 15 is 0 Å². The number of methoxy groups -OCH3 is 1. The number of halogens is 1. The summed E-state index contributed by atoms with van der Waals surface area (Å²) in [6, 6.07) is 10.2. The largest absolute Gasteiger partial charge is 0.468 e. The molecule has 0 aromatic heterocycles. The molecular formula is C13H18ClNO2. The van der Waals surface area contributed by atoms with Crippen LogP contribution in [0.4, 0.5) is 0 Å². The molecule has 3 nitrogen and oxygen atoms in total. The van der Waals surface area contributed by atoms with E-state index in [9.17, 15) is 4.79 Å². The summed E-state index contributed by atoms with van der Waals surface area (Å²) in [4.78, 5) is 11.6. The summed E-state index contributed by atoms with van der Waals surface area (Å²) in [6.07, 6.45) is 2.35. The number of benzene rings is 1. The zero-order valence-electron chi connectivity index (χ0n) is 9.89. The molecule has 0 saturated heterocycles. The second kappa shape index (κ2) is 5.52. The number of esters is 1. The lowest BCUT2D eigenvalue weighted by Crippen LogP contribution is -2.46. The van der Waals surface area contributed by atoms with Crippen molar-refractivity contribution in [3.8, 4) is 0 Å². The lowest BCUT2D eigenvalue weighted by Gasteiger charge is -2.20. The van der Waals surface area contributed by atoms with E-state index in [1.54, 1.807) is 0 Å². The van der Waals surface area contributed by atoms with Gasteiger partial charge < -0.3 is 10.5 Å². The summed E-state index contributed by atoms with van der Waals surface area (Å²) in [5, 5.41) is 0. The van der Waals surface area contributed by atoms with Crippen LogP contribution in [0.15, 0.2) is 30.3 Å². The first-order valence-corrected chi connectivity index (χ1v) is 5.58. The highest BCUT2D eigenvalue weighted by molar-refractivity contribution is 5.85. The number of rotatable bonds is 2. The summed E-state index contributed by atoms with van der Waals surface area (Å²) in [6.45, 7) is 0. The summed E-state index contributed by atoms with van der Waals surface area (Å²) >= 11 is 0. The molecule has 1 aliphatic carbocycles. The number of ether oxygens (including phenoxy) is 1. The van der Waals surface area contributed by atoms with Crippen LogP contribution in [-0.2, 0) is 9.53 Å². The van der Waals surface area contributed by atoms with E-state index in [-0.39, 0.29) is 18.4 Å². The van der Waals surface area contributed by atoms with Crippen molar-refractivity contribution in [3.05, 3.63) is 35.9 Å². The molecule has 0 bridgehead atoms. The molecule has 0 heterocycles. The third kappa shape index (κ3) is 2.79. The normalized spacial score (nSPS) is 27.3. The van der Waals surface area contributed by atoms with Gasteiger partial charge in [-0.3, -0.25) is 4.79 Å². The molecule has 1 aromatic rings. The maximum atomic E-state index is 11.6. The minimum atomic E-state index is -0.782. The molecule has 0 amide bonds. The van der Waals surface area contributed by atoms with Crippen molar-refractivity contribution in [2.75, 3.05) is 7.11 Å². The zero-order valence-corrected chi connectivity index (χ0v) is 10.7. The Balaban J connectivity index is 0.00000144. The fourth-order valence-corrected chi connectivity index (χ4v) is 2.47. The van der Waals surface area contributed by atoms with Crippen LogP contribution in [0.3, 0.4) is 0 Å². The Morgan fingerprint density at radius 1 is 1.41 bits per heavy atom. The van der Waals surface area contributed by atoms with E-state index < -0.39 is 5.54 Å². The van der Waals surface area contributed by atoms with Crippen LogP contribution < -0.4 is 5.73 Å². The van der Waals surface area contributed by atoms with Crippen LogP contribution in [0, 0.1) is 0 Å². The Bertz CT molecular complexity index is 382. The first-order valence-electron chi connectivity index (χ1n) is 5.58. The SMILES string of the molecule is COC(=O)[C@]1(N)CC[C@@H](c2ccccc2)C1.Cl. The molecule has 1 aliphatic rings. The second-order valence-corrected chi connectivity index (χ2v) is 4.50. The van der Waals surface area contributed by atoms with Gasteiger partial charge in [0.05, 0.1) is 7.11 Å². The molecular weight excluding hydrogens is 238 g/mol. The minimum absolute atomic E-state index is 0. The second-order valence-electron chi connectivity index (χ2n) is 4.50. The highest BCUT2D eigenvalue weighted by Gasteiger charge is 2.43. The summed E-state index contributed by atoms with van der Waals surface area (Å²) < 4.78 is 4.76. The maximum Gasteiger partial charge on any atom is 0.325 e. The van der Waals surface area contributed by atoms with Crippen LogP contribution >= 0.6 is 12.4 Å². The van der Waals surface area contributed by atoms with Gasteiger partial charge in [0.25, 0.3) is 0 Å². The lowest BCUT2D eigenvalue weighted by molar-refractivity contribution is -0.146. The lowest BCUT2D eigenvalue weighted by atomic mass is 9.93. The Morgan fingerprint density at radius 2 is 2.06 bits per heavy atom. The van der Waals surface area contributed by atoms with Gasteiger partial charge in [0.1, 0.15) is 5.54 Å². The van der Waals surface area contributed by atoms with E-state index in [1.165, 1.54) is 12.7 Å². The van der Waals surface area contributed by atoms with Gasteiger partial charge in [0, 0.05) is 0 Å². The van der Waals surface area contributed by atoms with Gasteiger partial charge in [-0.2, -0.15) is 0 Å². The number of hydrogen-bond acceptors (Lipinski definition) is 3. The van der Waals surface area contributed by atoms with Gasteiger partial charge in [-0.15, -0.1) is 12.4 Å². The van der Waals surface area contributed by atoms with Gasteiger partial charge in [0.15, 0.2) is 0 Å². The Kier molecular flexibility index (Phi) is 4.54. The van der Waals surface area contributed by atoms with Crippen LogP contribution in [0.1, 0.15) is 30.7 Å². The average molecular weight is 256 g/mol. The molecule has 94 valence electrons. The Morgan fingerprint density at radius 3 is 2.65 bits per heavy atom. The number of carbonyl (C=O) groups excluding carboxylic acids is 1. The third-order valence-corrected chi connectivity index (χ3v) is 3.41. The van der Waals surface area contributed by atoms with Crippen LogP contribution in [0.25, 0.3) is 0 Å². The molecule has 0 aliphatic heterocycles. The molecule has 4 heteroatoms. The Hall–Kier alpha value is -1.06. The van der Waals surface area contributed by atoms with Crippen LogP contribution in [-0.4, -0.2) is 18.6 Å². The molecule has 1 saturated carbocycles. The monoisotopic (exact) mass is 255 g/mol. The van der Waals surface area contributed by atoms with Crippen molar-refractivity contribution in [2.24, 2.45) is 5.73 Å². The fraction of sp³-hybridized carbons (Fsp3) is 0.462. The predicted octanol–water partition coefficient (Wildman–Crippen LogP) is 2.25. The standard InChI is InChI=1S/C13H17NO2.ClH/c1-16-12(15)13(14)8-7-11(9-13)10-5-3-2-4-6-10;/h2-6,11H,7-9,14H2,1H3;1H/t11-,13+;/m1./s1. The molecule has 0 unspecified atom stereocenters. The van der Waals surface area contributed by atoms with Crippen molar-refractivity contribution < 1.29 is 9.53 Å². The number of carbonyl (C=O) groups is 1. The van der Waals surface area contributed by atoms with E-state index in [2.05, 4.69) is 12.1 Å². The van der Waals surface area contributed by atoms with E-state index in [0.717, 1.165) is 6.42 Å². The van der Waals surface area contributed by atoms with Crippen molar-refractivity contribution in [3.63, 3.8) is 0 Å². The van der Waals surface area contributed by atoms with Gasteiger partial charge in [0.2, 0.25) is 0 Å². The van der Waals surface area contributed by atoms with Crippen molar-refractivity contribution in [1.29, 1.82) is 0 Å².